The summed E-state index contributed by atoms with van der Waals surface area (Å²) in [6.45, 7) is 0.509. The molecular weight excluding hydrogens is 528 g/mol. The molecule has 0 radical (unpaired) electrons. The number of para-hydroxylation sites is 1. The minimum absolute atomic E-state index is 0.0422. The molecule has 41 heavy (non-hydrogen) atoms. The van der Waals surface area contributed by atoms with Gasteiger partial charge in [0.15, 0.2) is 4.80 Å². The molecule has 6 heteroatoms. The van der Waals surface area contributed by atoms with E-state index in [1.165, 1.54) is 16.9 Å². The Labute approximate surface area is 242 Å². The van der Waals surface area contributed by atoms with Crippen molar-refractivity contribution in [1.29, 1.82) is 0 Å². The molecule has 0 bridgehead atoms. The second kappa shape index (κ2) is 10.7. The van der Waals surface area contributed by atoms with Crippen molar-refractivity contribution in [3.8, 4) is 11.5 Å². The van der Waals surface area contributed by atoms with Crippen molar-refractivity contribution in [2.45, 2.75) is 25.5 Å². The van der Waals surface area contributed by atoms with E-state index in [1.807, 2.05) is 83.4 Å². The fraction of sp³-hybridized carbons (Fsp3) is 0.143. The summed E-state index contributed by atoms with van der Waals surface area (Å²) in [5.74, 6) is 1.56. The van der Waals surface area contributed by atoms with E-state index in [4.69, 9.17) is 14.5 Å². The van der Waals surface area contributed by atoms with Crippen LogP contribution in [0.15, 0.2) is 118 Å². The molecular formula is C35H28N2O3S. The van der Waals surface area contributed by atoms with E-state index in [2.05, 4.69) is 30.3 Å². The summed E-state index contributed by atoms with van der Waals surface area (Å²) < 4.78 is 14.2. The van der Waals surface area contributed by atoms with Crippen molar-refractivity contribution in [3.05, 3.63) is 156 Å². The number of hydrogen-bond donors (Lipinski definition) is 0. The van der Waals surface area contributed by atoms with E-state index in [9.17, 15) is 4.79 Å². The van der Waals surface area contributed by atoms with E-state index in [-0.39, 0.29) is 11.6 Å². The Balaban J connectivity index is 1.31. The summed E-state index contributed by atoms with van der Waals surface area (Å²) in [5.41, 5.74) is 7.57. The monoisotopic (exact) mass is 556 g/mol. The van der Waals surface area contributed by atoms with Crippen LogP contribution in [-0.2, 0) is 13.0 Å². The second-order valence-corrected chi connectivity index (χ2v) is 11.2. The topological polar surface area (TPSA) is 52.8 Å². The number of aryl methyl sites for hydroxylation is 1. The third-order valence-corrected chi connectivity index (χ3v) is 8.72. The molecule has 1 atom stereocenters. The van der Waals surface area contributed by atoms with Gasteiger partial charge in [-0.2, -0.15) is 0 Å². The van der Waals surface area contributed by atoms with Gasteiger partial charge in [0.2, 0.25) is 0 Å². The molecule has 0 spiro atoms. The van der Waals surface area contributed by atoms with Gasteiger partial charge in [0.1, 0.15) is 18.1 Å². The van der Waals surface area contributed by atoms with Gasteiger partial charge in [0.25, 0.3) is 5.56 Å². The number of thiazole rings is 1. The molecule has 0 unspecified atom stereocenters. The Kier molecular flexibility index (Phi) is 6.61. The fourth-order valence-electron chi connectivity index (χ4n) is 5.74. The molecule has 2 aliphatic rings. The van der Waals surface area contributed by atoms with Crippen LogP contribution in [0.5, 0.6) is 11.5 Å². The number of hydrogen-bond acceptors (Lipinski definition) is 5. The highest BCUT2D eigenvalue weighted by Gasteiger charge is 2.33. The number of methoxy groups -OCH3 is 1. The van der Waals surface area contributed by atoms with E-state index in [1.54, 1.807) is 7.11 Å². The number of benzene rings is 4. The number of allylic oxidation sites excluding steroid dienone is 1. The predicted molar refractivity (Wildman–Crippen MR) is 163 cm³/mol. The minimum atomic E-state index is -0.276. The Morgan fingerprint density at radius 1 is 0.902 bits per heavy atom. The Morgan fingerprint density at radius 3 is 2.49 bits per heavy atom. The molecule has 0 N–H and O–H groups in total. The van der Waals surface area contributed by atoms with Crippen LogP contribution in [-0.4, -0.2) is 11.7 Å². The molecule has 1 aliphatic heterocycles. The lowest BCUT2D eigenvalue weighted by molar-refractivity contribution is 0.306. The van der Waals surface area contributed by atoms with E-state index < -0.39 is 0 Å². The van der Waals surface area contributed by atoms with Gasteiger partial charge in [-0.1, -0.05) is 96.3 Å². The van der Waals surface area contributed by atoms with E-state index in [0.29, 0.717) is 15.9 Å². The number of fused-ring (bicyclic) bond motifs is 3. The minimum Gasteiger partial charge on any atom is -0.496 e. The van der Waals surface area contributed by atoms with Crippen LogP contribution < -0.4 is 24.4 Å². The van der Waals surface area contributed by atoms with Crippen molar-refractivity contribution < 1.29 is 9.47 Å². The van der Waals surface area contributed by atoms with Crippen LogP contribution in [0.4, 0.5) is 0 Å². The summed E-state index contributed by atoms with van der Waals surface area (Å²) in [4.78, 5) is 19.9. The van der Waals surface area contributed by atoms with Crippen LogP contribution in [0.3, 0.4) is 0 Å². The van der Waals surface area contributed by atoms with Crippen molar-refractivity contribution in [3.63, 3.8) is 0 Å². The van der Waals surface area contributed by atoms with Crippen LogP contribution in [0, 0.1) is 0 Å². The SMILES string of the molecule is COc1ccccc1[C@H]1C2=C(N=c3s/c(=C\c4ccc(OCc5ccccc5)cc4)c(=O)n31)c1ccccc1CC2. The van der Waals surface area contributed by atoms with Crippen molar-refractivity contribution in [2.24, 2.45) is 4.99 Å². The highest BCUT2D eigenvalue weighted by molar-refractivity contribution is 7.07. The van der Waals surface area contributed by atoms with Gasteiger partial charge < -0.3 is 9.47 Å². The van der Waals surface area contributed by atoms with Gasteiger partial charge in [0.05, 0.1) is 23.4 Å². The van der Waals surface area contributed by atoms with Gasteiger partial charge in [-0.25, -0.2) is 4.99 Å². The van der Waals surface area contributed by atoms with Gasteiger partial charge in [-0.3, -0.25) is 9.36 Å². The summed E-state index contributed by atoms with van der Waals surface area (Å²) in [6, 6.07) is 34.1. The molecule has 0 amide bonds. The summed E-state index contributed by atoms with van der Waals surface area (Å²) >= 11 is 1.43. The number of aromatic nitrogens is 1. The normalized spacial score (nSPS) is 15.9. The second-order valence-electron chi connectivity index (χ2n) is 10.2. The maximum atomic E-state index is 14.0. The lowest BCUT2D eigenvalue weighted by Crippen LogP contribution is -2.38. The zero-order valence-corrected chi connectivity index (χ0v) is 23.4. The first kappa shape index (κ1) is 25.3. The number of ether oxygens (including phenoxy) is 2. The van der Waals surface area contributed by atoms with Crippen LogP contribution in [0.25, 0.3) is 11.8 Å². The average Bonchev–Trinajstić information content (AvgIpc) is 3.34. The Morgan fingerprint density at radius 2 is 1.66 bits per heavy atom. The van der Waals surface area contributed by atoms with Crippen molar-refractivity contribution >= 4 is 23.1 Å². The summed E-state index contributed by atoms with van der Waals surface area (Å²) in [5, 5.41) is 0. The lowest BCUT2D eigenvalue weighted by atomic mass is 9.83. The van der Waals surface area contributed by atoms with Crippen molar-refractivity contribution in [1.82, 2.24) is 4.57 Å². The largest absolute Gasteiger partial charge is 0.496 e. The number of nitrogens with zero attached hydrogens (tertiary/aromatic N) is 2. The predicted octanol–water partition coefficient (Wildman–Crippen LogP) is 5.91. The zero-order chi connectivity index (χ0) is 27.8. The van der Waals surface area contributed by atoms with Gasteiger partial charge in [0, 0.05) is 11.1 Å². The first-order valence-corrected chi connectivity index (χ1v) is 14.5. The Hall–Kier alpha value is -4.68. The van der Waals surface area contributed by atoms with Crippen molar-refractivity contribution in [2.75, 3.05) is 7.11 Å². The molecule has 7 rings (SSSR count). The summed E-state index contributed by atoms with van der Waals surface area (Å²) in [6.07, 6.45) is 3.70. The molecule has 4 aromatic carbocycles. The maximum Gasteiger partial charge on any atom is 0.271 e. The maximum absolute atomic E-state index is 14.0. The smallest absolute Gasteiger partial charge is 0.271 e. The average molecular weight is 557 g/mol. The lowest BCUT2D eigenvalue weighted by Gasteiger charge is -2.31. The molecule has 0 saturated carbocycles. The highest BCUT2D eigenvalue weighted by Crippen LogP contribution is 2.43. The highest BCUT2D eigenvalue weighted by atomic mass is 32.1. The van der Waals surface area contributed by atoms with Gasteiger partial charge in [-0.15, -0.1) is 0 Å². The third kappa shape index (κ3) is 4.70. The number of rotatable bonds is 6. The fourth-order valence-corrected chi connectivity index (χ4v) is 6.74. The van der Waals surface area contributed by atoms with Gasteiger partial charge >= 0.3 is 0 Å². The van der Waals surface area contributed by atoms with E-state index in [0.717, 1.165) is 57.9 Å². The molecule has 5 nitrogen and oxygen atoms in total. The first-order valence-electron chi connectivity index (χ1n) is 13.7. The molecule has 0 fully saturated rings. The molecule has 5 aromatic rings. The van der Waals surface area contributed by atoms with Gasteiger partial charge in [-0.05, 0) is 59.4 Å². The molecule has 1 aromatic heterocycles. The molecule has 202 valence electrons. The van der Waals surface area contributed by atoms with Crippen LogP contribution in [0.1, 0.15) is 40.3 Å². The Bertz CT molecular complexity index is 1950. The molecule has 0 saturated heterocycles. The molecule has 2 heterocycles. The molecule has 1 aliphatic carbocycles. The van der Waals surface area contributed by atoms with Crippen LogP contribution in [0.2, 0.25) is 0 Å². The standard InChI is InChI=1S/C35H28N2O3S/c1-39-30-14-8-7-13-28(30)33-29-20-17-25-11-5-6-12-27(25)32(29)36-35-37(33)34(38)31(41-35)21-23-15-18-26(19-16-23)40-22-24-9-3-2-4-10-24/h2-16,18-19,21,33H,17,20,22H2,1H3/b31-21-/t33-/m0/s1. The first-order chi connectivity index (χ1) is 20.2. The third-order valence-electron chi connectivity index (χ3n) is 7.73. The quantitative estimate of drug-likeness (QED) is 0.262. The zero-order valence-electron chi connectivity index (χ0n) is 22.6. The van der Waals surface area contributed by atoms with E-state index >= 15 is 0 Å². The summed E-state index contributed by atoms with van der Waals surface area (Å²) in [7, 11) is 1.68. The van der Waals surface area contributed by atoms with Crippen LogP contribution >= 0.6 is 11.3 Å².